The summed E-state index contributed by atoms with van der Waals surface area (Å²) in [5, 5.41) is 9.73. The topological polar surface area (TPSA) is 83.8 Å². The Kier molecular flexibility index (Phi) is 5.44. The number of aromatic nitrogens is 3. The monoisotopic (exact) mass is 308 g/mol. The summed E-state index contributed by atoms with van der Waals surface area (Å²) in [5.74, 6) is 2.95. The zero-order chi connectivity index (χ0) is 15.2. The molecule has 0 saturated heterocycles. The highest BCUT2D eigenvalue weighted by Crippen LogP contribution is 2.19. The van der Waals surface area contributed by atoms with Crippen LogP contribution in [0.1, 0.15) is 26.6 Å². The van der Waals surface area contributed by atoms with Gasteiger partial charge in [-0.2, -0.15) is 0 Å². The SMILES string of the molecule is CCSC(C(=O)NCc1nc(-c2ccco2)n[nH]1)C(C)C. The fraction of sp³-hybridized carbons (Fsp3) is 0.500. The van der Waals surface area contributed by atoms with Crippen LogP contribution in [0, 0.1) is 5.92 Å². The van der Waals surface area contributed by atoms with Gasteiger partial charge in [0.25, 0.3) is 0 Å². The van der Waals surface area contributed by atoms with E-state index in [2.05, 4.69) is 41.3 Å². The molecule has 0 aromatic carbocycles. The van der Waals surface area contributed by atoms with Gasteiger partial charge in [-0.25, -0.2) is 4.98 Å². The van der Waals surface area contributed by atoms with Crippen molar-refractivity contribution < 1.29 is 9.21 Å². The van der Waals surface area contributed by atoms with E-state index in [9.17, 15) is 4.79 Å². The number of hydrogen-bond acceptors (Lipinski definition) is 5. The second-order valence-corrected chi connectivity index (χ2v) is 6.34. The van der Waals surface area contributed by atoms with Crippen LogP contribution in [0.25, 0.3) is 11.6 Å². The van der Waals surface area contributed by atoms with Crippen molar-refractivity contribution in [1.82, 2.24) is 20.5 Å². The standard InChI is InChI=1S/C14H20N4O2S/c1-4-21-12(9(2)3)14(19)15-8-11-16-13(18-17-11)10-6-5-7-20-10/h5-7,9,12H,4,8H2,1-3H3,(H,15,19)(H,16,17,18). The number of nitrogens with zero attached hydrogens (tertiary/aromatic N) is 2. The van der Waals surface area contributed by atoms with Crippen molar-refractivity contribution in [1.29, 1.82) is 0 Å². The smallest absolute Gasteiger partial charge is 0.233 e. The summed E-state index contributed by atoms with van der Waals surface area (Å²) in [6.07, 6.45) is 1.57. The van der Waals surface area contributed by atoms with Crippen molar-refractivity contribution in [3.8, 4) is 11.6 Å². The first-order valence-electron chi connectivity index (χ1n) is 6.96. The van der Waals surface area contributed by atoms with Gasteiger partial charge in [0, 0.05) is 0 Å². The first kappa shape index (κ1) is 15.6. The molecule has 0 aliphatic heterocycles. The van der Waals surface area contributed by atoms with Crippen molar-refractivity contribution in [2.24, 2.45) is 5.92 Å². The van der Waals surface area contributed by atoms with Crippen molar-refractivity contribution in [2.45, 2.75) is 32.6 Å². The summed E-state index contributed by atoms with van der Waals surface area (Å²) in [4.78, 5) is 16.5. The molecule has 0 radical (unpaired) electrons. The Morgan fingerprint density at radius 1 is 1.52 bits per heavy atom. The normalized spacial score (nSPS) is 12.6. The molecule has 2 aromatic rings. The fourth-order valence-corrected chi connectivity index (χ4v) is 2.89. The lowest BCUT2D eigenvalue weighted by atomic mass is 10.1. The average Bonchev–Trinajstić information content (AvgIpc) is 3.11. The molecule has 1 unspecified atom stereocenters. The molecular weight excluding hydrogens is 288 g/mol. The third-order valence-corrected chi connectivity index (χ3v) is 4.36. The lowest BCUT2D eigenvalue weighted by Crippen LogP contribution is -2.35. The number of nitrogens with one attached hydrogen (secondary N) is 2. The van der Waals surface area contributed by atoms with Gasteiger partial charge < -0.3 is 9.73 Å². The van der Waals surface area contributed by atoms with Gasteiger partial charge in [-0.05, 0) is 23.8 Å². The Balaban J connectivity index is 1.92. The highest BCUT2D eigenvalue weighted by Gasteiger charge is 2.22. The van der Waals surface area contributed by atoms with Crippen LogP contribution in [0.3, 0.4) is 0 Å². The zero-order valence-corrected chi connectivity index (χ0v) is 13.2. The molecule has 0 fully saturated rings. The van der Waals surface area contributed by atoms with Gasteiger partial charge in [-0.3, -0.25) is 9.89 Å². The summed E-state index contributed by atoms with van der Waals surface area (Å²) < 4.78 is 5.22. The second-order valence-electron chi connectivity index (χ2n) is 4.92. The maximum Gasteiger partial charge on any atom is 0.233 e. The van der Waals surface area contributed by atoms with E-state index in [1.54, 1.807) is 30.2 Å². The summed E-state index contributed by atoms with van der Waals surface area (Å²) in [6.45, 7) is 6.49. The second kappa shape index (κ2) is 7.31. The van der Waals surface area contributed by atoms with E-state index in [0.717, 1.165) is 5.75 Å². The molecule has 114 valence electrons. The molecule has 2 aromatic heterocycles. The third-order valence-electron chi connectivity index (χ3n) is 2.91. The molecule has 1 amide bonds. The van der Waals surface area contributed by atoms with Gasteiger partial charge in [0.15, 0.2) is 5.76 Å². The minimum absolute atomic E-state index is 0.0350. The maximum atomic E-state index is 12.2. The van der Waals surface area contributed by atoms with Crippen LogP contribution in [0.2, 0.25) is 0 Å². The van der Waals surface area contributed by atoms with Crippen LogP contribution >= 0.6 is 11.8 Å². The largest absolute Gasteiger partial charge is 0.461 e. The zero-order valence-electron chi connectivity index (χ0n) is 12.4. The van der Waals surface area contributed by atoms with Gasteiger partial charge in [-0.1, -0.05) is 20.8 Å². The molecule has 21 heavy (non-hydrogen) atoms. The van der Waals surface area contributed by atoms with Crippen molar-refractivity contribution in [3.05, 3.63) is 24.2 Å². The van der Waals surface area contributed by atoms with Crippen molar-refractivity contribution >= 4 is 17.7 Å². The molecule has 2 heterocycles. The number of aromatic amines is 1. The number of carbonyl (C=O) groups is 1. The lowest BCUT2D eigenvalue weighted by molar-refractivity contribution is -0.121. The first-order valence-corrected chi connectivity index (χ1v) is 8.01. The molecule has 0 aliphatic carbocycles. The summed E-state index contributed by atoms with van der Waals surface area (Å²) in [6, 6.07) is 3.57. The number of H-pyrrole nitrogens is 1. The van der Waals surface area contributed by atoms with Crippen molar-refractivity contribution in [3.63, 3.8) is 0 Å². The Bertz CT molecular complexity index is 565. The van der Waals surface area contributed by atoms with E-state index in [4.69, 9.17) is 4.42 Å². The van der Waals surface area contributed by atoms with Crippen LogP contribution in [0.4, 0.5) is 0 Å². The van der Waals surface area contributed by atoms with Gasteiger partial charge in [-0.15, -0.1) is 16.9 Å². The molecule has 0 spiro atoms. The third kappa shape index (κ3) is 4.10. The van der Waals surface area contributed by atoms with Crippen LogP contribution in [-0.2, 0) is 11.3 Å². The molecule has 2 N–H and O–H groups in total. The fourth-order valence-electron chi connectivity index (χ4n) is 1.91. The van der Waals surface area contributed by atoms with Crippen LogP contribution in [-0.4, -0.2) is 32.1 Å². The van der Waals surface area contributed by atoms with Gasteiger partial charge in [0.2, 0.25) is 11.7 Å². The minimum Gasteiger partial charge on any atom is -0.461 e. The van der Waals surface area contributed by atoms with E-state index in [-0.39, 0.29) is 11.2 Å². The quantitative estimate of drug-likeness (QED) is 0.821. The number of amides is 1. The van der Waals surface area contributed by atoms with Crippen LogP contribution in [0.15, 0.2) is 22.8 Å². The minimum atomic E-state index is -0.0394. The number of carbonyl (C=O) groups excluding carboxylic acids is 1. The van der Waals surface area contributed by atoms with E-state index in [0.29, 0.717) is 29.9 Å². The lowest BCUT2D eigenvalue weighted by Gasteiger charge is -2.18. The summed E-state index contributed by atoms with van der Waals surface area (Å²) >= 11 is 1.66. The highest BCUT2D eigenvalue weighted by atomic mass is 32.2. The number of thioether (sulfide) groups is 1. The molecule has 0 aliphatic rings. The predicted molar refractivity (Wildman–Crippen MR) is 82.7 cm³/mol. The van der Waals surface area contributed by atoms with E-state index >= 15 is 0 Å². The molecule has 0 bridgehead atoms. The van der Waals surface area contributed by atoms with Gasteiger partial charge in [0.05, 0.1) is 18.1 Å². The van der Waals surface area contributed by atoms with Gasteiger partial charge >= 0.3 is 0 Å². The average molecular weight is 308 g/mol. The maximum absolute atomic E-state index is 12.2. The predicted octanol–water partition coefficient (Wildman–Crippen LogP) is 2.46. The Morgan fingerprint density at radius 3 is 2.95 bits per heavy atom. The van der Waals surface area contributed by atoms with E-state index in [1.165, 1.54) is 0 Å². The van der Waals surface area contributed by atoms with Gasteiger partial charge in [0.1, 0.15) is 5.82 Å². The van der Waals surface area contributed by atoms with E-state index < -0.39 is 0 Å². The molecular formula is C14H20N4O2S. The molecule has 7 heteroatoms. The van der Waals surface area contributed by atoms with Crippen LogP contribution < -0.4 is 5.32 Å². The molecule has 1 atom stereocenters. The molecule has 0 saturated carbocycles. The number of rotatable bonds is 7. The number of hydrogen-bond donors (Lipinski definition) is 2. The molecule has 6 nitrogen and oxygen atoms in total. The van der Waals surface area contributed by atoms with Crippen LogP contribution in [0.5, 0.6) is 0 Å². The summed E-state index contributed by atoms with van der Waals surface area (Å²) in [5.41, 5.74) is 0. The van der Waals surface area contributed by atoms with E-state index in [1.807, 2.05) is 0 Å². The molecule has 2 rings (SSSR count). The first-order chi connectivity index (χ1) is 10.1. The van der Waals surface area contributed by atoms with Crippen molar-refractivity contribution in [2.75, 3.05) is 5.75 Å². The Hall–Kier alpha value is -1.76. The summed E-state index contributed by atoms with van der Waals surface area (Å²) in [7, 11) is 0. The number of furan rings is 1. The highest BCUT2D eigenvalue weighted by molar-refractivity contribution is 8.00. The Morgan fingerprint density at radius 2 is 2.33 bits per heavy atom. The Labute approximate surface area is 128 Å².